The molecule has 0 amide bonds. The molecule has 10 rings (SSSR count). The van der Waals surface area contributed by atoms with Crippen LogP contribution < -0.4 is 31.3 Å². The lowest BCUT2D eigenvalue weighted by Gasteiger charge is -2.26. The van der Waals surface area contributed by atoms with Crippen LogP contribution in [0.15, 0.2) is 48.5 Å². The van der Waals surface area contributed by atoms with E-state index < -0.39 is 0 Å². The minimum Gasteiger partial charge on any atom is -0.0911 e. The van der Waals surface area contributed by atoms with Crippen molar-refractivity contribution in [2.24, 2.45) is 0 Å². The Bertz CT molecular complexity index is 2630. The lowest BCUT2D eigenvalue weighted by molar-refractivity contribution is 1.69. The van der Waals surface area contributed by atoms with Gasteiger partial charge in [0.1, 0.15) is 0 Å². The second kappa shape index (κ2) is 5.49. The molecule has 0 aliphatic carbocycles. The molecule has 0 nitrogen and oxygen atoms in total. The van der Waals surface area contributed by atoms with Gasteiger partial charge in [-0.15, -0.1) is 0 Å². The van der Waals surface area contributed by atoms with Crippen LogP contribution >= 0.6 is 0 Å². The van der Waals surface area contributed by atoms with Gasteiger partial charge in [-0.1, -0.05) is 63.7 Å². The SMILES string of the molecule is C=c1cc2ccc3cc(=C)c4c(=C)c5c(=C)cc6ccc7cc(=C)c8c(=C)c1c1c2c3c4c2c5c6c7c8c12. The zero-order valence-electron chi connectivity index (χ0n) is 20.9. The van der Waals surface area contributed by atoms with Crippen LogP contribution in [0.5, 0.6) is 0 Å². The molecule has 0 heterocycles. The van der Waals surface area contributed by atoms with Gasteiger partial charge in [-0.05, 0) is 153 Å². The van der Waals surface area contributed by atoms with Crippen molar-refractivity contribution in [3.05, 3.63) is 79.8 Å². The van der Waals surface area contributed by atoms with E-state index in [1.54, 1.807) is 0 Å². The lowest BCUT2D eigenvalue weighted by atomic mass is 9.76. The molecule has 0 bridgehead atoms. The molecule has 0 spiro atoms. The second-order valence-corrected chi connectivity index (χ2v) is 11.4. The van der Waals surface area contributed by atoms with Crippen LogP contribution in [0.1, 0.15) is 0 Å². The molecule has 0 heteroatoms. The monoisotopic (exact) mass is 476 g/mol. The van der Waals surface area contributed by atoms with Crippen LogP contribution in [0, 0.1) is 0 Å². The average Bonchev–Trinajstić information content (AvgIpc) is 2.88. The summed E-state index contributed by atoms with van der Waals surface area (Å²) in [5.74, 6) is 0. The molecule has 172 valence electrons. The first-order chi connectivity index (χ1) is 18.4. The van der Waals surface area contributed by atoms with E-state index in [0.29, 0.717) is 0 Å². The summed E-state index contributed by atoms with van der Waals surface area (Å²) in [6.07, 6.45) is 0. The molecule has 38 heavy (non-hydrogen) atoms. The standard InChI is InChI=1S/C38H20/c1-15-11-21-7-8-22-13-17(3)27-20(6)28-18(4)14-24-10-9-23-12-16(2)26-19(5)25(15)33-29(21)30(22)35(27)38-36(28)32(24)31(23)34(26)37(33)38/h7-14H,1-6H2. The number of benzene rings is 10. The molecule has 0 aliphatic rings. The molecule has 0 unspecified atom stereocenters. The topological polar surface area (TPSA) is 0 Å². The van der Waals surface area contributed by atoms with Gasteiger partial charge in [0.2, 0.25) is 0 Å². The Kier molecular flexibility index (Phi) is 2.77. The summed E-state index contributed by atoms with van der Waals surface area (Å²) >= 11 is 0. The van der Waals surface area contributed by atoms with E-state index in [4.69, 9.17) is 13.2 Å². The minimum atomic E-state index is 1.02. The fourth-order valence-corrected chi connectivity index (χ4v) is 8.39. The molecule has 0 saturated heterocycles. The van der Waals surface area contributed by atoms with E-state index in [-0.39, 0.29) is 0 Å². The van der Waals surface area contributed by atoms with Gasteiger partial charge in [0, 0.05) is 0 Å². The zero-order chi connectivity index (χ0) is 25.5. The van der Waals surface area contributed by atoms with Gasteiger partial charge in [0.25, 0.3) is 0 Å². The van der Waals surface area contributed by atoms with Crippen LogP contribution in [-0.2, 0) is 0 Å². The highest BCUT2D eigenvalue weighted by atomic mass is 14.3. The third kappa shape index (κ3) is 1.68. The van der Waals surface area contributed by atoms with E-state index in [2.05, 4.69) is 74.8 Å². The summed E-state index contributed by atoms with van der Waals surface area (Å²) in [5.41, 5.74) is 0. The Morgan fingerprint density at radius 3 is 0.711 bits per heavy atom. The molecule has 0 N–H and O–H groups in total. The first kappa shape index (κ1) is 19.2. The van der Waals surface area contributed by atoms with Crippen molar-refractivity contribution >= 4 is 136 Å². The smallest absolute Gasteiger partial charge is 0.00000520 e. The van der Waals surface area contributed by atoms with Crippen LogP contribution in [0.4, 0.5) is 0 Å². The Morgan fingerprint density at radius 1 is 0.263 bits per heavy atom. The molecule has 0 fully saturated rings. The average molecular weight is 477 g/mol. The van der Waals surface area contributed by atoms with Crippen molar-refractivity contribution in [1.82, 2.24) is 0 Å². The van der Waals surface area contributed by atoms with E-state index >= 15 is 0 Å². The van der Waals surface area contributed by atoms with E-state index in [0.717, 1.165) is 52.9 Å². The van der Waals surface area contributed by atoms with Crippen molar-refractivity contribution in [1.29, 1.82) is 0 Å². The van der Waals surface area contributed by atoms with Crippen molar-refractivity contribution in [3.63, 3.8) is 0 Å². The maximum Gasteiger partial charge on any atom is -0.00000520 e. The van der Waals surface area contributed by atoms with E-state index in [1.807, 2.05) is 0 Å². The third-order valence-electron chi connectivity index (χ3n) is 9.60. The molecule has 0 saturated carbocycles. The van der Waals surface area contributed by atoms with Crippen molar-refractivity contribution in [3.8, 4) is 0 Å². The highest BCUT2D eigenvalue weighted by molar-refractivity contribution is 6.53. The van der Waals surface area contributed by atoms with Gasteiger partial charge in [0.15, 0.2) is 0 Å². The summed E-state index contributed by atoms with van der Waals surface area (Å²) in [6.45, 7) is 27.6. The molecule has 10 aromatic rings. The fourth-order valence-electron chi connectivity index (χ4n) is 8.39. The molecule has 10 aromatic carbocycles. The van der Waals surface area contributed by atoms with E-state index in [9.17, 15) is 0 Å². The van der Waals surface area contributed by atoms with Crippen LogP contribution in [0.25, 0.3) is 136 Å². The molecule has 0 aromatic heterocycles. The van der Waals surface area contributed by atoms with Crippen molar-refractivity contribution in [2.45, 2.75) is 0 Å². The van der Waals surface area contributed by atoms with E-state index in [1.165, 1.54) is 75.4 Å². The Balaban J connectivity index is 1.89. The molecular weight excluding hydrogens is 456 g/mol. The Labute approximate surface area is 216 Å². The third-order valence-corrected chi connectivity index (χ3v) is 9.60. The molecule has 0 atom stereocenters. The van der Waals surface area contributed by atoms with Crippen molar-refractivity contribution < 1.29 is 0 Å². The fraction of sp³-hybridized carbons (Fsp3) is 0. The van der Waals surface area contributed by atoms with Gasteiger partial charge in [-0.3, -0.25) is 0 Å². The summed E-state index contributed by atoms with van der Waals surface area (Å²) < 4.78 is 0. The number of hydrogen-bond donors (Lipinski definition) is 0. The zero-order valence-corrected chi connectivity index (χ0v) is 20.9. The molecule has 0 aliphatic heterocycles. The van der Waals surface area contributed by atoms with Gasteiger partial charge in [-0.25, -0.2) is 0 Å². The van der Waals surface area contributed by atoms with Gasteiger partial charge >= 0.3 is 0 Å². The summed E-state index contributed by atoms with van der Waals surface area (Å²) in [6, 6.07) is 17.9. The minimum absolute atomic E-state index is 1.02. The van der Waals surface area contributed by atoms with Crippen molar-refractivity contribution in [2.75, 3.05) is 0 Å². The second-order valence-electron chi connectivity index (χ2n) is 11.4. The predicted octanol–water partition coefficient (Wildman–Crippen LogP) is 5.72. The Hall–Kier alpha value is -4.94. The molecular formula is C38H20. The largest absolute Gasteiger partial charge is 0.0911 e. The summed E-state index contributed by atoms with van der Waals surface area (Å²) in [7, 11) is 0. The lowest BCUT2D eigenvalue weighted by Crippen LogP contribution is -2.22. The van der Waals surface area contributed by atoms with Crippen LogP contribution in [0.3, 0.4) is 0 Å². The first-order valence-corrected chi connectivity index (χ1v) is 13.0. The highest BCUT2D eigenvalue weighted by Crippen LogP contribution is 2.51. The normalized spacial score (nSPS) is 13.4. The van der Waals surface area contributed by atoms with Crippen LogP contribution in [-0.4, -0.2) is 0 Å². The van der Waals surface area contributed by atoms with Gasteiger partial charge in [-0.2, -0.15) is 0 Å². The highest BCUT2D eigenvalue weighted by Gasteiger charge is 2.27. The summed E-state index contributed by atoms with van der Waals surface area (Å²) in [5, 5.41) is 28.5. The molecule has 0 radical (unpaired) electrons. The first-order valence-electron chi connectivity index (χ1n) is 13.0. The predicted molar refractivity (Wildman–Crippen MR) is 171 cm³/mol. The van der Waals surface area contributed by atoms with Gasteiger partial charge < -0.3 is 0 Å². The number of hydrogen-bond acceptors (Lipinski definition) is 0. The number of rotatable bonds is 0. The quantitative estimate of drug-likeness (QED) is 0.194. The van der Waals surface area contributed by atoms with Gasteiger partial charge in [0.05, 0.1) is 0 Å². The maximum absolute atomic E-state index is 4.69. The Morgan fingerprint density at radius 2 is 0.474 bits per heavy atom. The maximum atomic E-state index is 4.69. The van der Waals surface area contributed by atoms with Crippen LogP contribution in [0.2, 0.25) is 0 Å². The summed E-state index contributed by atoms with van der Waals surface area (Å²) in [4.78, 5) is 0.